The zero-order chi connectivity index (χ0) is 12.7. The van der Waals surface area contributed by atoms with Crippen LogP contribution in [0.1, 0.15) is 18.4 Å². The number of anilines is 1. The summed E-state index contributed by atoms with van der Waals surface area (Å²) < 4.78 is 13.6. The molecular formula is C14H16FN3. The number of hydrogen-bond donors (Lipinski definition) is 1. The van der Waals surface area contributed by atoms with Crippen LogP contribution in [-0.2, 0) is 0 Å². The Morgan fingerprint density at radius 3 is 2.89 bits per heavy atom. The van der Waals surface area contributed by atoms with E-state index >= 15 is 0 Å². The number of hydrogen-bond acceptors (Lipinski definition) is 3. The van der Waals surface area contributed by atoms with Crippen LogP contribution in [0, 0.1) is 29.0 Å². The Balaban J connectivity index is 1.90. The molecule has 2 aliphatic rings. The summed E-state index contributed by atoms with van der Waals surface area (Å²) >= 11 is 0. The zero-order valence-electron chi connectivity index (χ0n) is 10.1. The third-order valence-electron chi connectivity index (χ3n) is 4.36. The topological polar surface area (TPSA) is 53.0 Å². The molecule has 2 fully saturated rings. The Morgan fingerprint density at radius 2 is 2.17 bits per heavy atom. The lowest BCUT2D eigenvalue weighted by molar-refractivity contribution is 0.453. The predicted molar refractivity (Wildman–Crippen MR) is 67.5 cm³/mol. The van der Waals surface area contributed by atoms with Crippen molar-refractivity contribution >= 4 is 5.69 Å². The highest BCUT2D eigenvalue weighted by Gasteiger charge is 2.41. The van der Waals surface area contributed by atoms with Crippen LogP contribution in [-0.4, -0.2) is 19.1 Å². The standard InChI is InChI=1S/C14H16FN3/c15-12-2-1-3-14(10(12)6-16)18-7-9-4-5-13(17)11(9)8-18/h1-3,9,11,13H,4-5,7-8,17H2. The van der Waals surface area contributed by atoms with Gasteiger partial charge in [0.2, 0.25) is 0 Å². The highest BCUT2D eigenvalue weighted by molar-refractivity contribution is 5.60. The van der Waals surface area contributed by atoms with Crippen LogP contribution in [0.25, 0.3) is 0 Å². The van der Waals surface area contributed by atoms with Crippen molar-refractivity contribution in [1.82, 2.24) is 0 Å². The summed E-state index contributed by atoms with van der Waals surface area (Å²) in [6, 6.07) is 7.06. The summed E-state index contributed by atoms with van der Waals surface area (Å²) in [5.74, 6) is 0.672. The number of halogens is 1. The molecule has 0 amide bonds. The van der Waals surface area contributed by atoms with Crippen molar-refractivity contribution in [3.8, 4) is 6.07 Å². The van der Waals surface area contributed by atoms with E-state index in [4.69, 9.17) is 11.0 Å². The van der Waals surface area contributed by atoms with E-state index in [1.807, 2.05) is 12.1 Å². The van der Waals surface area contributed by atoms with Crippen LogP contribution in [0.5, 0.6) is 0 Å². The molecule has 0 radical (unpaired) electrons. The molecule has 0 spiro atoms. The Morgan fingerprint density at radius 1 is 1.33 bits per heavy atom. The highest BCUT2D eigenvalue weighted by atomic mass is 19.1. The molecule has 0 bridgehead atoms. The fourth-order valence-electron chi connectivity index (χ4n) is 3.39. The summed E-state index contributed by atoms with van der Waals surface area (Å²) in [6.45, 7) is 1.75. The van der Waals surface area contributed by atoms with Gasteiger partial charge in [-0.15, -0.1) is 0 Å². The first-order valence-corrected chi connectivity index (χ1v) is 6.40. The van der Waals surface area contributed by atoms with Gasteiger partial charge in [0.1, 0.15) is 17.4 Å². The van der Waals surface area contributed by atoms with E-state index in [9.17, 15) is 4.39 Å². The van der Waals surface area contributed by atoms with Crippen molar-refractivity contribution in [2.24, 2.45) is 17.6 Å². The van der Waals surface area contributed by atoms with Crippen LogP contribution >= 0.6 is 0 Å². The van der Waals surface area contributed by atoms with Crippen LogP contribution in [0.15, 0.2) is 18.2 Å². The largest absolute Gasteiger partial charge is 0.370 e. The molecule has 1 aliphatic heterocycles. The summed E-state index contributed by atoms with van der Waals surface area (Å²) in [4.78, 5) is 2.12. The molecule has 1 saturated carbocycles. The van der Waals surface area contributed by atoms with Crippen molar-refractivity contribution in [2.75, 3.05) is 18.0 Å². The fraction of sp³-hybridized carbons (Fsp3) is 0.500. The molecule has 3 nitrogen and oxygen atoms in total. The number of fused-ring (bicyclic) bond motifs is 1. The van der Waals surface area contributed by atoms with Gasteiger partial charge in [0.25, 0.3) is 0 Å². The van der Waals surface area contributed by atoms with Gasteiger partial charge < -0.3 is 10.6 Å². The summed E-state index contributed by atoms with van der Waals surface area (Å²) in [7, 11) is 0. The van der Waals surface area contributed by atoms with Gasteiger partial charge >= 0.3 is 0 Å². The molecular weight excluding hydrogens is 229 g/mol. The molecule has 18 heavy (non-hydrogen) atoms. The number of benzene rings is 1. The molecule has 94 valence electrons. The first-order valence-electron chi connectivity index (χ1n) is 6.40. The average Bonchev–Trinajstić information content (AvgIpc) is 2.92. The van der Waals surface area contributed by atoms with E-state index in [2.05, 4.69) is 4.90 Å². The lowest BCUT2D eigenvalue weighted by atomic mass is 9.98. The van der Waals surface area contributed by atoms with Crippen molar-refractivity contribution < 1.29 is 4.39 Å². The number of rotatable bonds is 1. The van der Waals surface area contributed by atoms with E-state index in [0.717, 1.165) is 31.6 Å². The fourth-order valence-corrected chi connectivity index (χ4v) is 3.39. The second kappa shape index (κ2) is 4.25. The van der Waals surface area contributed by atoms with Crippen molar-refractivity contribution in [1.29, 1.82) is 5.26 Å². The summed E-state index contributed by atoms with van der Waals surface area (Å²) in [5.41, 5.74) is 6.97. The monoisotopic (exact) mass is 245 g/mol. The van der Waals surface area contributed by atoms with Crippen molar-refractivity contribution in [3.05, 3.63) is 29.6 Å². The second-order valence-corrected chi connectivity index (χ2v) is 5.32. The molecule has 1 aromatic carbocycles. The van der Waals surface area contributed by atoms with Gasteiger partial charge in [0.05, 0.1) is 5.69 Å². The molecule has 1 aromatic rings. The van der Waals surface area contributed by atoms with E-state index in [1.165, 1.54) is 6.07 Å². The maximum Gasteiger partial charge on any atom is 0.143 e. The molecule has 4 heteroatoms. The molecule has 3 unspecified atom stereocenters. The molecule has 0 aromatic heterocycles. The minimum absolute atomic E-state index is 0.158. The summed E-state index contributed by atoms with van der Waals surface area (Å²) in [5, 5.41) is 9.07. The number of nitrogens with two attached hydrogens (primary N) is 1. The number of nitriles is 1. The molecule has 1 saturated heterocycles. The van der Waals surface area contributed by atoms with Gasteiger partial charge in [-0.25, -0.2) is 4.39 Å². The van der Waals surface area contributed by atoms with Gasteiger partial charge in [0, 0.05) is 19.1 Å². The van der Waals surface area contributed by atoms with Gasteiger partial charge in [-0.05, 0) is 36.8 Å². The van der Waals surface area contributed by atoms with Crippen LogP contribution in [0.2, 0.25) is 0 Å². The van der Waals surface area contributed by atoms with Gasteiger partial charge in [-0.2, -0.15) is 5.26 Å². The lowest BCUT2D eigenvalue weighted by Crippen LogP contribution is -2.30. The minimum Gasteiger partial charge on any atom is -0.370 e. The van der Waals surface area contributed by atoms with Gasteiger partial charge in [-0.1, -0.05) is 6.07 Å². The van der Waals surface area contributed by atoms with Crippen molar-refractivity contribution in [3.63, 3.8) is 0 Å². The maximum atomic E-state index is 13.6. The third kappa shape index (κ3) is 1.67. The molecule has 2 N–H and O–H groups in total. The van der Waals surface area contributed by atoms with Crippen LogP contribution in [0.4, 0.5) is 10.1 Å². The quantitative estimate of drug-likeness (QED) is 0.821. The molecule has 3 rings (SSSR count). The first kappa shape index (κ1) is 11.5. The molecule has 1 heterocycles. The lowest BCUT2D eigenvalue weighted by Gasteiger charge is -2.22. The Labute approximate surface area is 106 Å². The van der Waals surface area contributed by atoms with Gasteiger partial charge in [-0.3, -0.25) is 0 Å². The first-order chi connectivity index (χ1) is 8.70. The Hall–Kier alpha value is -1.60. The van der Waals surface area contributed by atoms with Crippen LogP contribution < -0.4 is 10.6 Å². The molecule has 3 atom stereocenters. The SMILES string of the molecule is N#Cc1c(F)cccc1N1CC2CCC(N)C2C1. The highest BCUT2D eigenvalue weighted by Crippen LogP contribution is 2.39. The predicted octanol–water partition coefficient (Wildman–Crippen LogP) is 1.87. The number of nitrogens with zero attached hydrogens (tertiary/aromatic N) is 2. The molecule has 1 aliphatic carbocycles. The Bertz CT molecular complexity index is 508. The minimum atomic E-state index is -0.434. The zero-order valence-corrected chi connectivity index (χ0v) is 10.1. The Kier molecular flexibility index (Phi) is 2.71. The third-order valence-corrected chi connectivity index (χ3v) is 4.36. The van der Waals surface area contributed by atoms with E-state index in [1.54, 1.807) is 6.07 Å². The van der Waals surface area contributed by atoms with E-state index in [0.29, 0.717) is 11.8 Å². The normalized spacial score (nSPS) is 30.3. The van der Waals surface area contributed by atoms with Crippen LogP contribution in [0.3, 0.4) is 0 Å². The smallest absolute Gasteiger partial charge is 0.143 e. The average molecular weight is 245 g/mol. The van der Waals surface area contributed by atoms with Gasteiger partial charge in [0.15, 0.2) is 0 Å². The van der Waals surface area contributed by atoms with E-state index in [-0.39, 0.29) is 11.6 Å². The maximum absolute atomic E-state index is 13.6. The second-order valence-electron chi connectivity index (χ2n) is 5.32. The van der Waals surface area contributed by atoms with E-state index < -0.39 is 5.82 Å². The van der Waals surface area contributed by atoms with Crippen molar-refractivity contribution in [2.45, 2.75) is 18.9 Å². The summed E-state index contributed by atoms with van der Waals surface area (Å²) in [6.07, 6.45) is 2.25.